The Hall–Kier alpha value is -1.01. The van der Waals surface area contributed by atoms with E-state index in [1.165, 1.54) is 0 Å². The second-order valence-electron chi connectivity index (χ2n) is 8.12. The fraction of sp³-hybridized carbons (Fsp3) is 0.824. The quantitative estimate of drug-likeness (QED) is 0.729. The monoisotopic (exact) mass is 323 g/mol. The standard InChI is InChI=1S/C17H30BNO4/c1-8-17(7)16(5,6)22-18(23-17)13-9-11-19(12-10-13)14(20)21-15(2,3)4/h9H,8,10-12H2,1-7H3. The lowest BCUT2D eigenvalue weighted by molar-refractivity contribution is -0.0118. The second kappa shape index (κ2) is 6.13. The molecule has 0 radical (unpaired) electrons. The molecule has 1 saturated heterocycles. The maximum absolute atomic E-state index is 12.1. The van der Waals surface area contributed by atoms with E-state index in [1.54, 1.807) is 4.90 Å². The molecule has 0 bridgehead atoms. The Morgan fingerprint density at radius 3 is 2.43 bits per heavy atom. The van der Waals surface area contributed by atoms with Crippen molar-refractivity contribution in [3.8, 4) is 0 Å². The van der Waals surface area contributed by atoms with Gasteiger partial charge >= 0.3 is 13.2 Å². The van der Waals surface area contributed by atoms with Crippen molar-refractivity contribution in [2.24, 2.45) is 0 Å². The van der Waals surface area contributed by atoms with E-state index in [0.717, 1.165) is 18.3 Å². The molecule has 2 heterocycles. The predicted octanol–water partition coefficient (Wildman–Crippen LogP) is 3.58. The zero-order chi connectivity index (χ0) is 17.5. The highest BCUT2D eigenvalue weighted by Gasteiger charge is 2.54. The molecule has 0 aromatic rings. The van der Waals surface area contributed by atoms with Gasteiger partial charge in [0.1, 0.15) is 5.60 Å². The first kappa shape index (κ1) is 18.3. The van der Waals surface area contributed by atoms with Crippen LogP contribution in [0.4, 0.5) is 4.79 Å². The van der Waals surface area contributed by atoms with Crippen LogP contribution in [0.15, 0.2) is 11.5 Å². The van der Waals surface area contributed by atoms with Crippen LogP contribution in [0.3, 0.4) is 0 Å². The van der Waals surface area contributed by atoms with Crippen molar-refractivity contribution >= 4 is 13.2 Å². The predicted molar refractivity (Wildman–Crippen MR) is 91.2 cm³/mol. The average Bonchev–Trinajstić information content (AvgIpc) is 2.68. The number of carbonyl (C=O) groups excluding carboxylic acids is 1. The largest absolute Gasteiger partial charge is 0.490 e. The van der Waals surface area contributed by atoms with Gasteiger partial charge in [0.15, 0.2) is 0 Å². The highest BCUT2D eigenvalue weighted by Crippen LogP contribution is 2.41. The fourth-order valence-electron chi connectivity index (χ4n) is 2.85. The van der Waals surface area contributed by atoms with Crippen LogP contribution in [0.25, 0.3) is 0 Å². The number of ether oxygens (including phenoxy) is 1. The number of carbonyl (C=O) groups is 1. The Bertz CT molecular complexity index is 497. The molecule has 0 aliphatic carbocycles. The van der Waals surface area contributed by atoms with Crippen LogP contribution in [0.2, 0.25) is 0 Å². The first-order valence-corrected chi connectivity index (χ1v) is 8.50. The number of hydrogen-bond acceptors (Lipinski definition) is 4. The Kier molecular flexibility index (Phi) is 4.89. The average molecular weight is 323 g/mol. The van der Waals surface area contributed by atoms with Crippen molar-refractivity contribution in [2.75, 3.05) is 13.1 Å². The van der Waals surface area contributed by atoms with Crippen molar-refractivity contribution < 1.29 is 18.8 Å². The fourth-order valence-corrected chi connectivity index (χ4v) is 2.85. The van der Waals surface area contributed by atoms with Crippen LogP contribution in [-0.4, -0.2) is 48.0 Å². The third kappa shape index (κ3) is 3.91. The summed E-state index contributed by atoms with van der Waals surface area (Å²) < 4.78 is 17.8. The second-order valence-corrected chi connectivity index (χ2v) is 8.12. The Labute approximate surface area is 140 Å². The molecular formula is C17H30BNO4. The highest BCUT2D eigenvalue weighted by atomic mass is 16.7. The highest BCUT2D eigenvalue weighted by molar-refractivity contribution is 6.54. The first-order valence-electron chi connectivity index (χ1n) is 8.50. The summed E-state index contributed by atoms with van der Waals surface area (Å²) in [6.07, 6.45) is 3.42. The molecule has 0 aromatic heterocycles. The minimum Gasteiger partial charge on any atom is -0.444 e. The van der Waals surface area contributed by atoms with E-state index in [4.69, 9.17) is 14.0 Å². The van der Waals surface area contributed by atoms with Crippen molar-refractivity contribution in [1.82, 2.24) is 4.90 Å². The van der Waals surface area contributed by atoms with Gasteiger partial charge in [0, 0.05) is 13.1 Å². The van der Waals surface area contributed by atoms with Crippen LogP contribution in [0, 0.1) is 0 Å². The maximum Gasteiger partial charge on any atom is 0.490 e. The van der Waals surface area contributed by atoms with Crippen LogP contribution in [0.1, 0.15) is 61.3 Å². The van der Waals surface area contributed by atoms with Crippen LogP contribution < -0.4 is 0 Å². The van der Waals surface area contributed by atoms with E-state index in [-0.39, 0.29) is 24.4 Å². The molecular weight excluding hydrogens is 293 g/mol. The number of nitrogens with zero attached hydrogens (tertiary/aromatic N) is 1. The van der Waals surface area contributed by atoms with Crippen molar-refractivity contribution in [1.29, 1.82) is 0 Å². The van der Waals surface area contributed by atoms with Crippen LogP contribution in [0.5, 0.6) is 0 Å². The van der Waals surface area contributed by atoms with E-state index in [1.807, 2.05) is 26.8 Å². The van der Waals surface area contributed by atoms with Gasteiger partial charge in [-0.25, -0.2) is 4.79 Å². The Morgan fingerprint density at radius 1 is 1.35 bits per heavy atom. The number of hydrogen-bond donors (Lipinski definition) is 0. The first-order chi connectivity index (χ1) is 10.5. The van der Waals surface area contributed by atoms with Crippen LogP contribution >= 0.6 is 0 Å². The van der Waals surface area contributed by atoms with E-state index in [9.17, 15) is 4.79 Å². The van der Waals surface area contributed by atoms with E-state index >= 15 is 0 Å². The van der Waals surface area contributed by atoms with Gasteiger partial charge in [0.25, 0.3) is 0 Å². The van der Waals surface area contributed by atoms with Gasteiger partial charge in [-0.3, -0.25) is 0 Å². The van der Waals surface area contributed by atoms with Gasteiger partial charge in [0.2, 0.25) is 0 Å². The molecule has 130 valence electrons. The molecule has 0 spiro atoms. The molecule has 1 atom stereocenters. The molecule has 2 rings (SSSR count). The van der Waals surface area contributed by atoms with Gasteiger partial charge in [-0.15, -0.1) is 0 Å². The Morgan fingerprint density at radius 2 is 2.00 bits per heavy atom. The molecule has 1 fully saturated rings. The molecule has 2 aliphatic rings. The molecule has 5 nitrogen and oxygen atoms in total. The lowest BCUT2D eigenvalue weighted by atomic mass is 9.75. The molecule has 1 unspecified atom stereocenters. The lowest BCUT2D eigenvalue weighted by Gasteiger charge is -2.35. The van der Waals surface area contributed by atoms with Gasteiger partial charge < -0.3 is 18.9 Å². The molecule has 1 amide bonds. The van der Waals surface area contributed by atoms with Gasteiger partial charge in [-0.2, -0.15) is 0 Å². The van der Waals surface area contributed by atoms with E-state index in [0.29, 0.717) is 13.1 Å². The molecule has 0 N–H and O–H groups in total. The molecule has 2 aliphatic heterocycles. The third-order valence-corrected chi connectivity index (χ3v) is 4.92. The van der Waals surface area contributed by atoms with Gasteiger partial charge in [-0.1, -0.05) is 13.0 Å². The summed E-state index contributed by atoms with van der Waals surface area (Å²) in [5.41, 5.74) is 0.0392. The van der Waals surface area contributed by atoms with Gasteiger partial charge in [0.05, 0.1) is 11.2 Å². The van der Waals surface area contributed by atoms with Crippen LogP contribution in [-0.2, 0) is 14.0 Å². The van der Waals surface area contributed by atoms with Gasteiger partial charge in [-0.05, 0) is 59.9 Å². The summed E-state index contributed by atoms with van der Waals surface area (Å²) in [4.78, 5) is 13.8. The zero-order valence-electron chi connectivity index (χ0n) is 15.6. The van der Waals surface area contributed by atoms with E-state index in [2.05, 4.69) is 27.7 Å². The summed E-state index contributed by atoms with van der Waals surface area (Å²) in [5.74, 6) is 0. The Balaban J connectivity index is 1.99. The number of rotatable bonds is 2. The third-order valence-electron chi connectivity index (χ3n) is 4.92. The topological polar surface area (TPSA) is 48.0 Å². The number of amides is 1. The summed E-state index contributed by atoms with van der Waals surface area (Å²) in [5, 5.41) is 0. The minimum atomic E-state index is -0.467. The zero-order valence-corrected chi connectivity index (χ0v) is 15.6. The maximum atomic E-state index is 12.1. The molecule has 0 aromatic carbocycles. The minimum absolute atomic E-state index is 0.264. The summed E-state index contributed by atoms with van der Waals surface area (Å²) in [7, 11) is -0.310. The van der Waals surface area contributed by atoms with Crippen molar-refractivity contribution in [3.63, 3.8) is 0 Å². The smallest absolute Gasteiger partial charge is 0.444 e. The normalized spacial score (nSPS) is 27.9. The van der Waals surface area contributed by atoms with Crippen molar-refractivity contribution in [3.05, 3.63) is 11.5 Å². The molecule has 0 saturated carbocycles. The molecule has 23 heavy (non-hydrogen) atoms. The summed E-state index contributed by atoms with van der Waals surface area (Å²) in [6, 6.07) is 0. The lowest BCUT2D eigenvalue weighted by Crippen LogP contribution is -2.44. The van der Waals surface area contributed by atoms with Crippen molar-refractivity contribution in [2.45, 2.75) is 78.1 Å². The van der Waals surface area contributed by atoms with E-state index < -0.39 is 5.60 Å². The SMILES string of the molecule is CCC1(C)OB(C2=CCN(C(=O)OC(C)(C)C)CC2)OC1(C)C. The summed E-state index contributed by atoms with van der Waals surface area (Å²) in [6.45, 7) is 15.2. The summed E-state index contributed by atoms with van der Waals surface area (Å²) >= 11 is 0. The molecule has 6 heteroatoms.